The highest BCUT2D eigenvalue weighted by molar-refractivity contribution is 5.95. The fourth-order valence-electron chi connectivity index (χ4n) is 2.74. The molecule has 1 heterocycles. The van der Waals surface area contributed by atoms with E-state index in [0.717, 1.165) is 12.0 Å². The monoisotopic (exact) mass is 392 g/mol. The predicted molar refractivity (Wildman–Crippen MR) is 110 cm³/mol. The van der Waals surface area contributed by atoms with Crippen LogP contribution in [0.3, 0.4) is 0 Å². The van der Waals surface area contributed by atoms with E-state index in [9.17, 15) is 9.59 Å². The minimum Gasteiger partial charge on any atom is -0.494 e. The van der Waals surface area contributed by atoms with E-state index < -0.39 is 0 Å². The molecule has 0 atom stereocenters. The Morgan fingerprint density at radius 3 is 2.34 bits per heavy atom. The highest BCUT2D eigenvalue weighted by atomic mass is 16.5. The molecule has 0 spiro atoms. The zero-order valence-electron chi connectivity index (χ0n) is 16.3. The van der Waals surface area contributed by atoms with E-state index in [1.54, 1.807) is 54.8 Å². The minimum absolute atomic E-state index is 0.195. The van der Waals surface area contributed by atoms with Crippen molar-refractivity contribution in [3.63, 3.8) is 0 Å². The molecular weight excluding hydrogens is 368 g/mol. The van der Waals surface area contributed by atoms with Gasteiger partial charge in [-0.15, -0.1) is 0 Å². The number of amides is 2. The number of rotatable bonds is 9. The fraction of sp³-hybridized carbons (Fsp3) is 0.217. The molecule has 2 aromatic carbocycles. The van der Waals surface area contributed by atoms with Crippen molar-refractivity contribution in [2.75, 3.05) is 6.61 Å². The smallest absolute Gasteiger partial charge is 0.251 e. The zero-order valence-corrected chi connectivity index (χ0v) is 16.3. The molecule has 3 rings (SSSR count). The van der Waals surface area contributed by atoms with Crippen LogP contribution in [0.4, 0.5) is 0 Å². The van der Waals surface area contributed by atoms with Crippen molar-refractivity contribution < 1.29 is 18.7 Å². The van der Waals surface area contributed by atoms with Crippen LogP contribution in [0.15, 0.2) is 71.3 Å². The number of ether oxygens (including phenoxy) is 1. The van der Waals surface area contributed by atoms with E-state index in [1.165, 1.54) is 0 Å². The van der Waals surface area contributed by atoms with Gasteiger partial charge in [0, 0.05) is 17.7 Å². The summed E-state index contributed by atoms with van der Waals surface area (Å²) >= 11 is 0. The largest absolute Gasteiger partial charge is 0.494 e. The van der Waals surface area contributed by atoms with Crippen LogP contribution in [0.2, 0.25) is 0 Å². The van der Waals surface area contributed by atoms with Gasteiger partial charge in [-0.2, -0.15) is 0 Å². The third-order valence-electron chi connectivity index (χ3n) is 4.21. The molecule has 0 unspecified atom stereocenters. The van der Waals surface area contributed by atoms with Crippen LogP contribution >= 0.6 is 0 Å². The lowest BCUT2D eigenvalue weighted by atomic mass is 10.1. The lowest BCUT2D eigenvalue weighted by molar-refractivity contribution is 0.0943. The van der Waals surface area contributed by atoms with Crippen LogP contribution in [0.5, 0.6) is 5.75 Å². The summed E-state index contributed by atoms with van der Waals surface area (Å²) in [7, 11) is 0. The summed E-state index contributed by atoms with van der Waals surface area (Å²) in [4.78, 5) is 24.8. The molecule has 2 N–H and O–H groups in total. The molecule has 0 aliphatic carbocycles. The molecule has 0 aliphatic heterocycles. The second kappa shape index (κ2) is 10.1. The van der Waals surface area contributed by atoms with Crippen molar-refractivity contribution >= 4 is 11.8 Å². The average molecular weight is 392 g/mol. The van der Waals surface area contributed by atoms with Gasteiger partial charge in [0.1, 0.15) is 11.5 Å². The van der Waals surface area contributed by atoms with Crippen LogP contribution < -0.4 is 15.4 Å². The Balaban J connectivity index is 1.56. The third kappa shape index (κ3) is 5.97. The molecule has 0 radical (unpaired) electrons. The predicted octanol–water partition coefficient (Wildman–Crippen LogP) is 3.93. The summed E-state index contributed by atoms with van der Waals surface area (Å²) in [5, 5.41) is 5.69. The molecule has 6 heteroatoms. The highest BCUT2D eigenvalue weighted by Crippen LogP contribution is 2.14. The van der Waals surface area contributed by atoms with Gasteiger partial charge in [0.2, 0.25) is 0 Å². The lowest BCUT2D eigenvalue weighted by Gasteiger charge is -2.09. The Kier molecular flexibility index (Phi) is 7.05. The Morgan fingerprint density at radius 2 is 1.62 bits per heavy atom. The third-order valence-corrected chi connectivity index (χ3v) is 4.21. The minimum atomic E-state index is -0.199. The van der Waals surface area contributed by atoms with E-state index in [1.807, 2.05) is 19.1 Å². The second-order valence-corrected chi connectivity index (χ2v) is 6.52. The van der Waals surface area contributed by atoms with Crippen molar-refractivity contribution in [1.29, 1.82) is 0 Å². The number of carbonyl (C=O) groups is 2. The molecule has 2 amide bonds. The average Bonchev–Trinajstić information content (AvgIpc) is 3.28. The standard InChI is InChI=1S/C23H24N2O4/c1-2-11-28-20-9-4-8-19(14-20)23(27)24-15-17-6-3-7-18(13-17)22(26)25-16-21-10-5-12-29-21/h3-10,12-14H,2,11,15-16H2,1H3,(H,24,27)(H,25,26). The quantitative estimate of drug-likeness (QED) is 0.578. The summed E-state index contributed by atoms with van der Waals surface area (Å²) in [6, 6.07) is 17.8. The maximum atomic E-state index is 12.4. The van der Waals surface area contributed by atoms with Gasteiger partial charge in [0.15, 0.2) is 0 Å². The number of furan rings is 1. The first-order valence-corrected chi connectivity index (χ1v) is 9.56. The number of benzene rings is 2. The zero-order chi connectivity index (χ0) is 20.5. The Labute approximate surface area is 169 Å². The SMILES string of the molecule is CCCOc1cccc(C(=O)NCc2cccc(C(=O)NCc3ccco3)c2)c1. The molecule has 150 valence electrons. The van der Waals surface area contributed by atoms with Gasteiger partial charge >= 0.3 is 0 Å². The van der Waals surface area contributed by atoms with Crippen molar-refractivity contribution in [3.05, 3.63) is 89.4 Å². The fourth-order valence-corrected chi connectivity index (χ4v) is 2.74. The van der Waals surface area contributed by atoms with Crippen molar-refractivity contribution in [2.24, 2.45) is 0 Å². The van der Waals surface area contributed by atoms with Crippen LogP contribution in [0.25, 0.3) is 0 Å². The molecule has 0 saturated carbocycles. The van der Waals surface area contributed by atoms with Gasteiger partial charge in [-0.05, 0) is 54.4 Å². The van der Waals surface area contributed by atoms with Gasteiger partial charge < -0.3 is 19.8 Å². The first kappa shape index (κ1) is 20.2. The van der Waals surface area contributed by atoms with Crippen LogP contribution in [-0.4, -0.2) is 18.4 Å². The van der Waals surface area contributed by atoms with E-state index in [-0.39, 0.29) is 11.8 Å². The first-order chi connectivity index (χ1) is 14.2. The molecule has 3 aromatic rings. The Morgan fingerprint density at radius 1 is 0.897 bits per heavy atom. The van der Waals surface area contributed by atoms with E-state index in [4.69, 9.17) is 9.15 Å². The molecule has 0 aliphatic rings. The topological polar surface area (TPSA) is 80.6 Å². The summed E-state index contributed by atoms with van der Waals surface area (Å²) in [6.07, 6.45) is 2.47. The summed E-state index contributed by atoms with van der Waals surface area (Å²) in [5.41, 5.74) is 1.90. The maximum Gasteiger partial charge on any atom is 0.251 e. The molecule has 1 aromatic heterocycles. The van der Waals surface area contributed by atoms with E-state index in [0.29, 0.717) is 42.3 Å². The van der Waals surface area contributed by atoms with Gasteiger partial charge in [-0.25, -0.2) is 0 Å². The van der Waals surface area contributed by atoms with Crippen molar-refractivity contribution in [2.45, 2.75) is 26.4 Å². The van der Waals surface area contributed by atoms with Gasteiger partial charge in [-0.1, -0.05) is 25.1 Å². The maximum absolute atomic E-state index is 12.4. The first-order valence-electron chi connectivity index (χ1n) is 9.56. The Hall–Kier alpha value is -3.54. The molecular formula is C23H24N2O4. The molecule has 0 fully saturated rings. The molecule has 0 saturated heterocycles. The molecule has 29 heavy (non-hydrogen) atoms. The van der Waals surface area contributed by atoms with Crippen molar-refractivity contribution in [1.82, 2.24) is 10.6 Å². The summed E-state index contributed by atoms with van der Waals surface area (Å²) in [5.74, 6) is 0.969. The number of carbonyl (C=O) groups excluding carboxylic acids is 2. The van der Waals surface area contributed by atoms with E-state index >= 15 is 0 Å². The van der Waals surface area contributed by atoms with E-state index in [2.05, 4.69) is 10.6 Å². The summed E-state index contributed by atoms with van der Waals surface area (Å²) < 4.78 is 10.8. The number of hydrogen-bond acceptors (Lipinski definition) is 4. The van der Waals surface area contributed by atoms with Crippen LogP contribution in [-0.2, 0) is 13.1 Å². The van der Waals surface area contributed by atoms with Crippen LogP contribution in [0.1, 0.15) is 45.4 Å². The Bertz CT molecular complexity index is 951. The highest BCUT2D eigenvalue weighted by Gasteiger charge is 2.09. The van der Waals surface area contributed by atoms with Gasteiger partial charge in [0.25, 0.3) is 11.8 Å². The molecule has 6 nitrogen and oxygen atoms in total. The van der Waals surface area contributed by atoms with Crippen molar-refractivity contribution in [3.8, 4) is 5.75 Å². The van der Waals surface area contributed by atoms with Gasteiger partial charge in [-0.3, -0.25) is 9.59 Å². The number of hydrogen-bond donors (Lipinski definition) is 2. The second-order valence-electron chi connectivity index (χ2n) is 6.52. The number of nitrogens with one attached hydrogen (secondary N) is 2. The van der Waals surface area contributed by atoms with Crippen LogP contribution in [0, 0.1) is 0 Å². The normalized spacial score (nSPS) is 10.4. The lowest BCUT2D eigenvalue weighted by Crippen LogP contribution is -2.24. The van der Waals surface area contributed by atoms with Gasteiger partial charge in [0.05, 0.1) is 19.4 Å². The summed E-state index contributed by atoms with van der Waals surface area (Å²) in [6.45, 7) is 3.28. The molecule has 0 bridgehead atoms.